The van der Waals surface area contributed by atoms with Crippen molar-refractivity contribution in [1.82, 2.24) is 5.32 Å². The number of aliphatic hydroxyl groups excluding tert-OH is 1. The summed E-state index contributed by atoms with van der Waals surface area (Å²) in [5.74, 6) is -0.205. The summed E-state index contributed by atoms with van der Waals surface area (Å²) in [5.41, 5.74) is 0.462. The van der Waals surface area contributed by atoms with E-state index in [9.17, 15) is 9.50 Å². The van der Waals surface area contributed by atoms with E-state index < -0.39 is 0 Å². The van der Waals surface area contributed by atoms with E-state index in [2.05, 4.69) is 21.2 Å². The van der Waals surface area contributed by atoms with Gasteiger partial charge < -0.3 is 10.4 Å². The van der Waals surface area contributed by atoms with Crippen molar-refractivity contribution in [3.05, 3.63) is 34.1 Å². The van der Waals surface area contributed by atoms with Gasteiger partial charge >= 0.3 is 0 Å². The smallest absolute Gasteiger partial charge is 0.127 e. The van der Waals surface area contributed by atoms with Gasteiger partial charge in [-0.25, -0.2) is 4.39 Å². The van der Waals surface area contributed by atoms with E-state index in [0.717, 1.165) is 23.7 Å². The Morgan fingerprint density at radius 2 is 2.19 bits per heavy atom. The lowest BCUT2D eigenvalue weighted by Crippen LogP contribution is -2.53. The van der Waals surface area contributed by atoms with E-state index in [1.54, 1.807) is 12.1 Å². The van der Waals surface area contributed by atoms with Crippen LogP contribution in [0.4, 0.5) is 4.39 Å². The summed E-state index contributed by atoms with van der Waals surface area (Å²) in [6.07, 6.45) is 3.08. The lowest BCUT2D eigenvalue weighted by molar-refractivity contribution is 0.0869. The molecule has 2 rings (SSSR count). The van der Waals surface area contributed by atoms with E-state index in [0.29, 0.717) is 12.1 Å². The lowest BCUT2D eigenvalue weighted by Gasteiger charge is -2.41. The molecule has 1 aromatic carbocycles. The third kappa shape index (κ3) is 2.44. The monoisotopic (exact) mass is 287 g/mol. The number of hydrogen-bond acceptors (Lipinski definition) is 2. The van der Waals surface area contributed by atoms with Crippen molar-refractivity contribution >= 4 is 15.9 Å². The molecule has 0 aromatic heterocycles. The first-order chi connectivity index (χ1) is 7.65. The highest BCUT2D eigenvalue weighted by molar-refractivity contribution is 9.10. The minimum absolute atomic E-state index is 0.128. The molecule has 1 fully saturated rings. The van der Waals surface area contributed by atoms with Gasteiger partial charge in [-0.3, -0.25) is 0 Å². The molecule has 1 aliphatic carbocycles. The third-order valence-electron chi connectivity index (χ3n) is 3.27. The molecule has 2 N–H and O–H groups in total. The average Bonchev–Trinajstić information content (AvgIpc) is 2.22. The maximum absolute atomic E-state index is 13.4. The van der Waals surface area contributed by atoms with Crippen molar-refractivity contribution < 1.29 is 9.50 Å². The summed E-state index contributed by atoms with van der Waals surface area (Å²) < 4.78 is 14.3. The van der Waals surface area contributed by atoms with Gasteiger partial charge in [0.25, 0.3) is 0 Å². The molecule has 0 atom stereocenters. The van der Waals surface area contributed by atoms with Crippen molar-refractivity contribution in [3.8, 4) is 0 Å². The summed E-state index contributed by atoms with van der Waals surface area (Å²) in [5, 5.41) is 12.5. The SMILES string of the molecule is OCC1(NCc2cc(Br)ccc2F)CCC1. The number of halogens is 2. The molecule has 4 heteroatoms. The Labute approximate surface area is 103 Å². The first kappa shape index (κ1) is 12.0. The fourth-order valence-electron chi connectivity index (χ4n) is 1.96. The molecule has 0 unspecified atom stereocenters. The van der Waals surface area contributed by atoms with Crippen LogP contribution in [0.5, 0.6) is 0 Å². The van der Waals surface area contributed by atoms with E-state index in [1.165, 1.54) is 6.07 Å². The normalized spacial score (nSPS) is 18.2. The van der Waals surface area contributed by atoms with Crippen molar-refractivity contribution in [1.29, 1.82) is 0 Å². The first-order valence-corrected chi connectivity index (χ1v) is 6.24. The topological polar surface area (TPSA) is 32.3 Å². The van der Waals surface area contributed by atoms with Crippen LogP contribution < -0.4 is 5.32 Å². The summed E-state index contributed by atoms with van der Waals surface area (Å²) in [6, 6.07) is 4.91. The molecule has 2 nitrogen and oxygen atoms in total. The predicted octanol–water partition coefficient (Wildman–Crippen LogP) is 2.59. The van der Waals surface area contributed by atoms with Crippen LogP contribution in [0.15, 0.2) is 22.7 Å². The molecular weight excluding hydrogens is 273 g/mol. The van der Waals surface area contributed by atoms with Crippen molar-refractivity contribution in [2.24, 2.45) is 0 Å². The summed E-state index contributed by atoms with van der Waals surface area (Å²) in [6.45, 7) is 0.592. The van der Waals surface area contributed by atoms with Crippen LogP contribution in [0.2, 0.25) is 0 Å². The molecule has 0 amide bonds. The van der Waals surface area contributed by atoms with Gasteiger partial charge in [-0.2, -0.15) is 0 Å². The first-order valence-electron chi connectivity index (χ1n) is 5.45. The summed E-state index contributed by atoms with van der Waals surface area (Å²) in [7, 11) is 0. The van der Waals surface area contributed by atoms with E-state index >= 15 is 0 Å². The number of rotatable bonds is 4. The molecule has 16 heavy (non-hydrogen) atoms. The van der Waals surface area contributed by atoms with E-state index in [4.69, 9.17) is 0 Å². The maximum Gasteiger partial charge on any atom is 0.127 e. The standard InChI is InChI=1S/C12H15BrFNO/c13-10-2-3-11(14)9(6-10)7-15-12(8-16)4-1-5-12/h2-3,6,15-16H,1,4-5,7-8H2. The van der Waals surface area contributed by atoms with Crippen LogP contribution in [-0.4, -0.2) is 17.3 Å². The number of benzene rings is 1. The van der Waals surface area contributed by atoms with Crippen molar-refractivity contribution in [2.75, 3.05) is 6.61 Å². The van der Waals surface area contributed by atoms with E-state index in [1.807, 2.05) is 0 Å². The Morgan fingerprint density at radius 3 is 2.75 bits per heavy atom. The second kappa shape index (κ2) is 4.82. The fraction of sp³-hybridized carbons (Fsp3) is 0.500. The molecule has 0 saturated heterocycles. The second-order valence-electron chi connectivity index (χ2n) is 4.38. The Morgan fingerprint density at radius 1 is 1.44 bits per heavy atom. The molecule has 88 valence electrons. The molecule has 0 aliphatic heterocycles. The van der Waals surface area contributed by atoms with Gasteiger partial charge in [0.1, 0.15) is 5.82 Å². The highest BCUT2D eigenvalue weighted by Gasteiger charge is 2.35. The predicted molar refractivity (Wildman–Crippen MR) is 64.6 cm³/mol. The van der Waals surface area contributed by atoms with Crippen LogP contribution in [0, 0.1) is 5.82 Å². The quantitative estimate of drug-likeness (QED) is 0.892. The maximum atomic E-state index is 13.4. The molecule has 1 aliphatic rings. The molecular formula is C12H15BrFNO. The molecule has 0 spiro atoms. The number of aliphatic hydroxyl groups is 1. The van der Waals surface area contributed by atoms with Crippen molar-refractivity contribution in [2.45, 2.75) is 31.3 Å². The molecule has 0 radical (unpaired) electrons. The summed E-state index contributed by atoms with van der Waals surface area (Å²) in [4.78, 5) is 0. The van der Waals surface area contributed by atoms with Gasteiger partial charge in [0.05, 0.1) is 6.61 Å². The number of hydrogen-bond donors (Lipinski definition) is 2. The molecule has 0 heterocycles. The molecule has 1 saturated carbocycles. The zero-order chi connectivity index (χ0) is 11.6. The Kier molecular flexibility index (Phi) is 3.62. The fourth-order valence-corrected chi connectivity index (χ4v) is 2.36. The average molecular weight is 288 g/mol. The van der Waals surface area contributed by atoms with Gasteiger partial charge in [0, 0.05) is 22.1 Å². The van der Waals surface area contributed by atoms with Crippen LogP contribution in [0.1, 0.15) is 24.8 Å². The van der Waals surface area contributed by atoms with Crippen molar-refractivity contribution in [3.63, 3.8) is 0 Å². The van der Waals surface area contributed by atoms with Crippen LogP contribution in [0.3, 0.4) is 0 Å². The number of nitrogens with one attached hydrogen (secondary N) is 1. The Balaban J connectivity index is 2.01. The molecule has 1 aromatic rings. The Bertz CT molecular complexity index is 374. The van der Waals surface area contributed by atoms with Crippen LogP contribution in [-0.2, 0) is 6.54 Å². The molecule has 0 bridgehead atoms. The van der Waals surface area contributed by atoms with Crippen LogP contribution in [0.25, 0.3) is 0 Å². The van der Waals surface area contributed by atoms with E-state index in [-0.39, 0.29) is 18.0 Å². The largest absolute Gasteiger partial charge is 0.394 e. The minimum Gasteiger partial charge on any atom is -0.394 e. The summed E-state index contributed by atoms with van der Waals surface area (Å²) >= 11 is 3.32. The third-order valence-corrected chi connectivity index (χ3v) is 3.77. The van der Waals surface area contributed by atoms with Gasteiger partial charge in [0.15, 0.2) is 0 Å². The van der Waals surface area contributed by atoms with Gasteiger partial charge in [-0.15, -0.1) is 0 Å². The van der Waals surface area contributed by atoms with Gasteiger partial charge in [-0.1, -0.05) is 15.9 Å². The zero-order valence-electron chi connectivity index (χ0n) is 8.97. The Hall–Kier alpha value is -0.450. The lowest BCUT2D eigenvalue weighted by atomic mass is 9.77. The van der Waals surface area contributed by atoms with Crippen LogP contribution >= 0.6 is 15.9 Å². The highest BCUT2D eigenvalue weighted by atomic mass is 79.9. The highest BCUT2D eigenvalue weighted by Crippen LogP contribution is 2.31. The van der Waals surface area contributed by atoms with Gasteiger partial charge in [-0.05, 0) is 37.5 Å². The minimum atomic E-state index is -0.205. The van der Waals surface area contributed by atoms with Gasteiger partial charge in [0.2, 0.25) is 0 Å². The zero-order valence-corrected chi connectivity index (χ0v) is 10.6. The second-order valence-corrected chi connectivity index (χ2v) is 5.30.